The van der Waals surface area contributed by atoms with E-state index in [4.69, 9.17) is 4.74 Å². The summed E-state index contributed by atoms with van der Waals surface area (Å²) in [6.07, 6.45) is -7.49. The first kappa shape index (κ1) is 37.8. The highest BCUT2D eigenvalue weighted by Crippen LogP contribution is 2.52. The number of carbonyl (C=O) groups excluding carboxylic acids is 2. The molecule has 49 heavy (non-hydrogen) atoms. The molecule has 0 unspecified atom stereocenters. The fourth-order valence-electron chi connectivity index (χ4n) is 6.58. The molecule has 0 bridgehead atoms. The summed E-state index contributed by atoms with van der Waals surface area (Å²) < 4.78 is 102. The predicted octanol–water partition coefficient (Wildman–Crippen LogP) is 7.37. The van der Waals surface area contributed by atoms with Gasteiger partial charge in [0.15, 0.2) is 0 Å². The molecule has 2 fully saturated rings. The van der Waals surface area contributed by atoms with Gasteiger partial charge in [-0.05, 0) is 42.5 Å². The number of ether oxygens (including phenoxy) is 1. The van der Waals surface area contributed by atoms with Gasteiger partial charge in [0.25, 0.3) is 5.60 Å². The van der Waals surface area contributed by atoms with Crippen LogP contribution in [0, 0.1) is 11.3 Å². The third-order valence-corrected chi connectivity index (χ3v) is 9.53. The van der Waals surface area contributed by atoms with Crippen molar-refractivity contribution in [3.63, 3.8) is 0 Å². The lowest BCUT2D eigenvalue weighted by Gasteiger charge is -2.37. The van der Waals surface area contributed by atoms with Crippen LogP contribution in [-0.4, -0.2) is 71.9 Å². The van der Waals surface area contributed by atoms with Crippen LogP contribution in [0.1, 0.15) is 49.3 Å². The Labute approximate surface area is 280 Å². The van der Waals surface area contributed by atoms with E-state index in [1.54, 1.807) is 9.80 Å². The van der Waals surface area contributed by atoms with E-state index in [1.165, 1.54) is 32.1 Å². The molecule has 2 amide bonds. The van der Waals surface area contributed by atoms with Crippen LogP contribution in [0.4, 0.5) is 30.7 Å². The molecule has 0 aromatic heterocycles. The quantitative estimate of drug-likeness (QED) is 0.208. The lowest BCUT2D eigenvalue weighted by atomic mass is 9.70. The van der Waals surface area contributed by atoms with Gasteiger partial charge in [0.1, 0.15) is 5.83 Å². The minimum atomic E-state index is -6.06. The molecular formula is C36H39F7N2O4. The van der Waals surface area contributed by atoms with Crippen molar-refractivity contribution >= 4 is 11.8 Å². The van der Waals surface area contributed by atoms with Crippen LogP contribution >= 0.6 is 0 Å². The van der Waals surface area contributed by atoms with Gasteiger partial charge in [0.05, 0.1) is 13.2 Å². The third kappa shape index (κ3) is 7.93. The van der Waals surface area contributed by atoms with Crippen molar-refractivity contribution in [1.29, 1.82) is 0 Å². The Bertz CT molecular complexity index is 1530. The van der Waals surface area contributed by atoms with Gasteiger partial charge in [-0.2, -0.15) is 26.3 Å². The molecular weight excluding hydrogens is 657 g/mol. The van der Waals surface area contributed by atoms with Crippen LogP contribution in [0.15, 0.2) is 90.8 Å². The molecule has 2 atom stereocenters. The number of nitrogens with zero attached hydrogens (tertiary/aromatic N) is 2. The van der Waals surface area contributed by atoms with Crippen molar-refractivity contribution in [2.24, 2.45) is 11.3 Å². The van der Waals surface area contributed by atoms with Gasteiger partial charge in [-0.1, -0.05) is 73.3 Å². The number of rotatable bonds is 10. The van der Waals surface area contributed by atoms with Gasteiger partial charge >= 0.3 is 12.4 Å². The van der Waals surface area contributed by atoms with E-state index in [9.17, 15) is 45.4 Å². The molecule has 6 nitrogen and oxygen atoms in total. The summed E-state index contributed by atoms with van der Waals surface area (Å²) >= 11 is 0. The zero-order valence-corrected chi connectivity index (χ0v) is 27.2. The second kappa shape index (κ2) is 14.9. The molecule has 13 heteroatoms. The minimum Gasteiger partial charge on any atom is -0.376 e. The fraction of sp³-hybridized carbons (Fsp3) is 0.444. The van der Waals surface area contributed by atoms with Gasteiger partial charge in [0, 0.05) is 55.9 Å². The van der Waals surface area contributed by atoms with Gasteiger partial charge in [-0.25, -0.2) is 4.39 Å². The van der Waals surface area contributed by atoms with Gasteiger partial charge < -0.3 is 19.6 Å². The van der Waals surface area contributed by atoms with E-state index >= 15 is 0 Å². The number of benzene rings is 2. The summed E-state index contributed by atoms with van der Waals surface area (Å²) in [6.45, 7) is 7.96. The second-order valence-electron chi connectivity index (χ2n) is 12.5. The minimum absolute atomic E-state index is 0.00156. The number of carbonyl (C=O) groups is 2. The van der Waals surface area contributed by atoms with Crippen molar-refractivity contribution in [2.45, 2.75) is 57.2 Å². The van der Waals surface area contributed by atoms with Crippen LogP contribution in [0.5, 0.6) is 0 Å². The zero-order valence-electron chi connectivity index (χ0n) is 27.2. The fourth-order valence-corrected chi connectivity index (χ4v) is 6.58. The third-order valence-electron chi connectivity index (χ3n) is 9.53. The highest BCUT2D eigenvalue weighted by molar-refractivity contribution is 5.80. The van der Waals surface area contributed by atoms with Gasteiger partial charge in [-0.3, -0.25) is 9.59 Å². The standard InChI is InChI=1S/C36H39F7N2O4/c1-4-30(37)15-10-24(2)33(23-49-21-26-8-6-5-7-9-26)22-45(32(47)28-16-18-44(19-17-28)25(3)46)20-31(33)27-11-13-29(14-12-27)34(48,35(38,39)40)36(41,42)43/h4-15,28,31,48H,2,16-23H2,1,3H3/b15-10-,30-4+/t31-,33-/m0/s1. The van der Waals surface area contributed by atoms with Crippen molar-refractivity contribution in [1.82, 2.24) is 9.80 Å². The summed E-state index contributed by atoms with van der Waals surface area (Å²) in [4.78, 5) is 29.0. The Morgan fingerprint density at radius 2 is 1.55 bits per heavy atom. The van der Waals surface area contributed by atoms with Crippen LogP contribution in [0.3, 0.4) is 0 Å². The van der Waals surface area contributed by atoms with Crippen LogP contribution in [0.2, 0.25) is 0 Å². The van der Waals surface area contributed by atoms with E-state index in [-0.39, 0.29) is 43.7 Å². The number of aliphatic hydroxyl groups is 1. The number of hydrogen-bond donors (Lipinski definition) is 1. The Hall–Kier alpha value is -3.97. The Balaban J connectivity index is 1.77. The molecule has 2 heterocycles. The van der Waals surface area contributed by atoms with Crippen molar-refractivity contribution in [3.8, 4) is 0 Å². The Kier molecular flexibility index (Phi) is 11.5. The molecule has 2 saturated heterocycles. The van der Waals surface area contributed by atoms with Crippen molar-refractivity contribution in [2.75, 3.05) is 32.8 Å². The zero-order chi connectivity index (χ0) is 36.2. The first-order valence-electron chi connectivity index (χ1n) is 15.8. The molecule has 2 aliphatic heterocycles. The molecule has 2 aromatic carbocycles. The Morgan fingerprint density at radius 3 is 2.08 bits per heavy atom. The summed E-state index contributed by atoms with van der Waals surface area (Å²) in [5, 5.41) is 9.97. The van der Waals surface area contributed by atoms with Gasteiger partial charge in [-0.15, -0.1) is 0 Å². The molecule has 4 rings (SSSR count). The summed E-state index contributed by atoms with van der Waals surface area (Å²) in [5.74, 6) is -2.12. The molecule has 0 aliphatic carbocycles. The average molecular weight is 697 g/mol. The molecule has 0 saturated carbocycles. The first-order valence-corrected chi connectivity index (χ1v) is 15.8. The predicted molar refractivity (Wildman–Crippen MR) is 168 cm³/mol. The maximum absolute atomic E-state index is 14.3. The van der Waals surface area contributed by atoms with E-state index in [0.717, 1.165) is 17.7 Å². The molecule has 0 spiro atoms. The van der Waals surface area contributed by atoms with E-state index < -0.39 is 46.6 Å². The highest BCUT2D eigenvalue weighted by atomic mass is 19.4. The Morgan fingerprint density at radius 1 is 0.959 bits per heavy atom. The van der Waals surface area contributed by atoms with Gasteiger partial charge in [0.2, 0.25) is 11.8 Å². The molecule has 0 radical (unpaired) electrons. The molecule has 1 N–H and O–H groups in total. The second-order valence-corrected chi connectivity index (χ2v) is 12.5. The maximum atomic E-state index is 14.3. The summed E-state index contributed by atoms with van der Waals surface area (Å²) in [6, 6.07) is 12.4. The number of allylic oxidation sites excluding steroid dienone is 4. The maximum Gasteiger partial charge on any atom is 0.430 e. The normalized spacial score (nSPS) is 21.4. The summed E-state index contributed by atoms with van der Waals surface area (Å²) in [5.41, 5.74) is -6.31. The largest absolute Gasteiger partial charge is 0.430 e. The lowest BCUT2D eigenvalue weighted by Crippen LogP contribution is -2.53. The average Bonchev–Trinajstić information content (AvgIpc) is 3.46. The molecule has 266 valence electrons. The number of likely N-dealkylation sites (tertiary alicyclic amines) is 2. The van der Waals surface area contributed by atoms with Crippen LogP contribution < -0.4 is 0 Å². The van der Waals surface area contributed by atoms with Crippen LogP contribution in [-0.2, 0) is 26.5 Å². The summed E-state index contributed by atoms with van der Waals surface area (Å²) in [7, 11) is 0. The highest BCUT2D eigenvalue weighted by Gasteiger charge is 2.71. The van der Waals surface area contributed by atoms with E-state index in [2.05, 4.69) is 6.58 Å². The van der Waals surface area contributed by atoms with E-state index in [0.29, 0.717) is 43.6 Å². The number of hydrogen-bond acceptors (Lipinski definition) is 4. The van der Waals surface area contributed by atoms with Crippen molar-refractivity contribution in [3.05, 3.63) is 107 Å². The topological polar surface area (TPSA) is 70.1 Å². The first-order chi connectivity index (χ1) is 22.9. The number of amides is 2. The number of piperidine rings is 1. The monoisotopic (exact) mass is 696 g/mol. The smallest absolute Gasteiger partial charge is 0.376 e. The van der Waals surface area contributed by atoms with Crippen molar-refractivity contribution < 1.29 is 50.2 Å². The van der Waals surface area contributed by atoms with E-state index in [1.807, 2.05) is 30.3 Å². The lowest BCUT2D eigenvalue weighted by molar-refractivity contribution is -0.376. The molecule has 2 aliphatic rings. The SMILES string of the molecule is C=C(/C=C\C(F)=C/C)[C@@]1(COCc2ccccc2)CN(C(=O)C2CCN(C(C)=O)CC2)C[C@H]1c1ccc(C(O)(C(F)(F)F)C(F)(F)F)cc1. The number of alkyl halides is 6. The van der Waals surface area contributed by atoms with Crippen LogP contribution in [0.25, 0.3) is 0 Å². The number of halogens is 7. The molecule has 2 aromatic rings.